The van der Waals surface area contributed by atoms with Gasteiger partial charge in [0.2, 0.25) is 0 Å². The van der Waals surface area contributed by atoms with Gasteiger partial charge in [0.15, 0.2) is 0 Å². The number of phenolic OH excluding ortho intramolecular Hbond substituents is 1. The van der Waals surface area contributed by atoms with E-state index in [-0.39, 0.29) is 7.43 Å². The largest absolute Gasteiger partial charge is 0.508 e. The van der Waals surface area contributed by atoms with Crippen LogP contribution in [0.5, 0.6) is 5.75 Å². The standard InChI is InChI=1S/C11H10O.CH4/c1-8-10-5-3-2-4-9(10)6-7-11(8)12;/h2-7,12H,1H3;1H4. The van der Waals surface area contributed by atoms with Gasteiger partial charge in [0.05, 0.1) is 0 Å². The van der Waals surface area contributed by atoms with E-state index in [0.717, 1.165) is 10.9 Å². The zero-order valence-electron chi connectivity index (χ0n) is 6.91. The summed E-state index contributed by atoms with van der Waals surface area (Å²) in [5.74, 6) is 0.369. The zero-order chi connectivity index (χ0) is 8.55. The third-order valence-electron chi connectivity index (χ3n) is 2.17. The molecule has 1 N–H and O–H groups in total. The van der Waals surface area contributed by atoms with E-state index < -0.39 is 0 Å². The minimum atomic E-state index is 0. The fourth-order valence-electron chi connectivity index (χ4n) is 1.42. The summed E-state index contributed by atoms with van der Waals surface area (Å²) < 4.78 is 0. The lowest BCUT2D eigenvalue weighted by Crippen LogP contribution is -1.78. The van der Waals surface area contributed by atoms with E-state index in [9.17, 15) is 5.11 Å². The summed E-state index contributed by atoms with van der Waals surface area (Å²) in [7, 11) is 0. The zero-order valence-corrected chi connectivity index (χ0v) is 6.91. The predicted molar refractivity (Wildman–Crippen MR) is 57.1 cm³/mol. The molecule has 68 valence electrons. The van der Waals surface area contributed by atoms with Gasteiger partial charge in [-0.3, -0.25) is 0 Å². The highest BCUT2D eigenvalue weighted by atomic mass is 16.3. The maximum Gasteiger partial charge on any atom is 0.119 e. The van der Waals surface area contributed by atoms with Crippen molar-refractivity contribution >= 4 is 10.8 Å². The number of hydrogen-bond acceptors (Lipinski definition) is 1. The molecule has 0 bridgehead atoms. The lowest BCUT2D eigenvalue weighted by molar-refractivity contribution is 0.472. The van der Waals surface area contributed by atoms with Gasteiger partial charge in [0.1, 0.15) is 5.75 Å². The second-order valence-electron chi connectivity index (χ2n) is 2.93. The Balaban J connectivity index is 0.000000845. The van der Waals surface area contributed by atoms with Crippen LogP contribution in [0.4, 0.5) is 0 Å². The second kappa shape index (κ2) is 3.48. The first-order chi connectivity index (χ1) is 5.79. The Bertz CT molecular complexity index is 418. The van der Waals surface area contributed by atoms with Crippen LogP contribution in [0.15, 0.2) is 36.4 Å². The average molecular weight is 174 g/mol. The van der Waals surface area contributed by atoms with Gasteiger partial charge in [-0.25, -0.2) is 0 Å². The van der Waals surface area contributed by atoms with Crippen molar-refractivity contribution in [2.24, 2.45) is 0 Å². The Hall–Kier alpha value is -1.50. The fraction of sp³-hybridized carbons (Fsp3) is 0.167. The van der Waals surface area contributed by atoms with Crippen molar-refractivity contribution < 1.29 is 5.11 Å². The number of aromatic hydroxyl groups is 1. The van der Waals surface area contributed by atoms with Gasteiger partial charge in [0, 0.05) is 0 Å². The molecule has 13 heavy (non-hydrogen) atoms. The molecule has 0 radical (unpaired) electrons. The lowest BCUT2D eigenvalue weighted by atomic mass is 10.1. The minimum Gasteiger partial charge on any atom is -0.508 e. The molecule has 0 aliphatic carbocycles. The first-order valence-electron chi connectivity index (χ1n) is 3.96. The van der Waals surface area contributed by atoms with E-state index in [0.29, 0.717) is 5.75 Å². The molecule has 0 saturated carbocycles. The Morgan fingerprint density at radius 3 is 2.46 bits per heavy atom. The van der Waals surface area contributed by atoms with Crippen LogP contribution in [0.3, 0.4) is 0 Å². The van der Waals surface area contributed by atoms with E-state index >= 15 is 0 Å². The summed E-state index contributed by atoms with van der Waals surface area (Å²) in [5.41, 5.74) is 0.952. The average Bonchev–Trinajstić information content (AvgIpc) is 2.12. The summed E-state index contributed by atoms with van der Waals surface area (Å²) in [6, 6.07) is 11.7. The molecule has 0 unspecified atom stereocenters. The molecule has 2 aromatic rings. The lowest BCUT2D eigenvalue weighted by Gasteiger charge is -2.02. The monoisotopic (exact) mass is 174 g/mol. The second-order valence-corrected chi connectivity index (χ2v) is 2.93. The Labute approximate surface area is 78.6 Å². The third-order valence-corrected chi connectivity index (χ3v) is 2.17. The summed E-state index contributed by atoms with van der Waals surface area (Å²) in [4.78, 5) is 0. The molecule has 0 heterocycles. The summed E-state index contributed by atoms with van der Waals surface area (Å²) >= 11 is 0. The molecule has 0 saturated heterocycles. The summed E-state index contributed by atoms with van der Waals surface area (Å²) in [6.45, 7) is 1.93. The Morgan fingerprint density at radius 1 is 1.00 bits per heavy atom. The van der Waals surface area contributed by atoms with Crippen LogP contribution in [-0.2, 0) is 0 Å². The van der Waals surface area contributed by atoms with Crippen molar-refractivity contribution in [1.29, 1.82) is 0 Å². The van der Waals surface area contributed by atoms with Crippen LogP contribution in [-0.4, -0.2) is 5.11 Å². The van der Waals surface area contributed by atoms with E-state index in [1.807, 2.05) is 37.3 Å². The molecule has 1 heteroatoms. The quantitative estimate of drug-likeness (QED) is 0.648. The summed E-state index contributed by atoms with van der Waals surface area (Å²) in [6.07, 6.45) is 0. The van der Waals surface area contributed by atoms with Crippen LogP contribution < -0.4 is 0 Å². The van der Waals surface area contributed by atoms with Gasteiger partial charge in [-0.05, 0) is 29.3 Å². The van der Waals surface area contributed by atoms with Crippen molar-refractivity contribution in [3.8, 4) is 5.75 Å². The minimum absolute atomic E-state index is 0. The summed E-state index contributed by atoms with van der Waals surface area (Å²) in [5, 5.41) is 11.7. The molecule has 0 aromatic heterocycles. The van der Waals surface area contributed by atoms with Gasteiger partial charge < -0.3 is 5.11 Å². The third kappa shape index (κ3) is 1.50. The first-order valence-corrected chi connectivity index (χ1v) is 3.96. The van der Waals surface area contributed by atoms with Crippen molar-refractivity contribution in [3.63, 3.8) is 0 Å². The molecule has 0 aliphatic heterocycles. The van der Waals surface area contributed by atoms with Gasteiger partial charge in [-0.15, -0.1) is 0 Å². The highest BCUT2D eigenvalue weighted by molar-refractivity contribution is 5.87. The topological polar surface area (TPSA) is 20.2 Å². The number of aryl methyl sites for hydroxylation is 1. The molecule has 0 amide bonds. The van der Waals surface area contributed by atoms with Crippen molar-refractivity contribution in [1.82, 2.24) is 0 Å². The molecule has 0 atom stereocenters. The van der Waals surface area contributed by atoms with Crippen LogP contribution in [0.25, 0.3) is 10.8 Å². The van der Waals surface area contributed by atoms with E-state index in [2.05, 4.69) is 0 Å². The van der Waals surface area contributed by atoms with Crippen molar-refractivity contribution in [2.75, 3.05) is 0 Å². The van der Waals surface area contributed by atoms with Gasteiger partial charge in [-0.2, -0.15) is 0 Å². The van der Waals surface area contributed by atoms with Crippen LogP contribution >= 0.6 is 0 Å². The van der Waals surface area contributed by atoms with Crippen LogP contribution in [0, 0.1) is 6.92 Å². The smallest absolute Gasteiger partial charge is 0.119 e. The van der Waals surface area contributed by atoms with Crippen molar-refractivity contribution in [2.45, 2.75) is 14.4 Å². The van der Waals surface area contributed by atoms with E-state index in [1.54, 1.807) is 6.07 Å². The molecular formula is C12H14O. The maximum atomic E-state index is 9.42. The Kier molecular flexibility index (Phi) is 2.57. The molecule has 0 spiro atoms. The van der Waals surface area contributed by atoms with Crippen LogP contribution in [0.2, 0.25) is 0 Å². The molecule has 2 rings (SSSR count). The number of benzene rings is 2. The number of hydrogen-bond donors (Lipinski definition) is 1. The fourth-order valence-corrected chi connectivity index (χ4v) is 1.42. The first kappa shape index (κ1) is 9.59. The van der Waals surface area contributed by atoms with Gasteiger partial charge in [0.25, 0.3) is 0 Å². The molecular weight excluding hydrogens is 160 g/mol. The normalized spacial score (nSPS) is 9.62. The number of phenols is 1. The van der Waals surface area contributed by atoms with E-state index in [4.69, 9.17) is 0 Å². The highest BCUT2D eigenvalue weighted by Gasteiger charge is 1.99. The van der Waals surface area contributed by atoms with Gasteiger partial charge >= 0.3 is 0 Å². The SMILES string of the molecule is C.Cc1c(O)ccc2ccccc12. The maximum absolute atomic E-state index is 9.42. The highest BCUT2D eigenvalue weighted by Crippen LogP contribution is 2.25. The molecule has 1 nitrogen and oxygen atoms in total. The molecule has 2 aromatic carbocycles. The van der Waals surface area contributed by atoms with Crippen molar-refractivity contribution in [3.05, 3.63) is 42.0 Å². The van der Waals surface area contributed by atoms with Gasteiger partial charge in [-0.1, -0.05) is 37.8 Å². The van der Waals surface area contributed by atoms with E-state index in [1.165, 1.54) is 5.39 Å². The molecule has 0 fully saturated rings. The number of fused-ring (bicyclic) bond motifs is 1. The molecule has 0 aliphatic rings. The predicted octanol–water partition coefficient (Wildman–Crippen LogP) is 3.49. The Morgan fingerprint density at radius 2 is 1.69 bits per heavy atom. The number of rotatable bonds is 0. The van der Waals surface area contributed by atoms with Crippen LogP contribution in [0.1, 0.15) is 13.0 Å².